The minimum atomic E-state index is -0.312. The number of hydrogen-bond donors (Lipinski definition) is 1. The summed E-state index contributed by atoms with van der Waals surface area (Å²) in [5.41, 5.74) is 1.47. The van der Waals surface area contributed by atoms with Crippen molar-refractivity contribution in [1.82, 2.24) is 10.3 Å². The zero-order chi connectivity index (χ0) is 13.2. The molecule has 0 radical (unpaired) electrons. The van der Waals surface area contributed by atoms with Crippen LogP contribution in [-0.4, -0.2) is 10.9 Å². The van der Waals surface area contributed by atoms with Gasteiger partial charge in [-0.15, -0.1) is 0 Å². The number of halogens is 1. The second-order valence-corrected chi connectivity index (χ2v) is 4.64. The highest BCUT2D eigenvalue weighted by Gasteiger charge is 2.11. The molecule has 0 saturated heterocycles. The number of aromatic nitrogens is 1. The van der Waals surface area contributed by atoms with Crippen molar-refractivity contribution in [3.8, 4) is 0 Å². The van der Waals surface area contributed by atoms with E-state index in [4.69, 9.17) is 8.83 Å². The maximum atomic E-state index is 11.8. The topological polar surface area (TPSA) is 68.3 Å². The predicted octanol–water partition coefficient (Wildman–Crippen LogP) is 3.11. The fraction of sp³-hybridized carbons (Fsp3) is 0.0769. The number of amides is 1. The molecule has 6 heteroatoms. The number of carbonyl (C=O) groups excluding carboxylic acids is 1. The Bertz CT molecular complexity index is 699. The number of rotatable bonds is 3. The molecule has 5 nitrogen and oxygen atoms in total. The lowest BCUT2D eigenvalue weighted by Gasteiger charge is -1.98. The highest BCUT2D eigenvalue weighted by molar-refractivity contribution is 9.10. The second-order valence-electron chi connectivity index (χ2n) is 3.86. The van der Waals surface area contributed by atoms with Crippen molar-refractivity contribution in [2.75, 3.05) is 0 Å². The predicted molar refractivity (Wildman–Crippen MR) is 71.6 cm³/mol. The summed E-state index contributed by atoms with van der Waals surface area (Å²) in [4.78, 5) is 16.0. The van der Waals surface area contributed by atoms with Gasteiger partial charge in [0, 0.05) is 0 Å². The largest absolute Gasteiger partial charge is 0.444 e. The molecular weight excluding hydrogens is 312 g/mol. The molecule has 2 aromatic heterocycles. The number of benzene rings is 1. The Morgan fingerprint density at radius 3 is 2.79 bits per heavy atom. The molecule has 0 aliphatic rings. The van der Waals surface area contributed by atoms with Gasteiger partial charge in [0.1, 0.15) is 5.52 Å². The number of nitrogens with zero attached hydrogens (tertiary/aromatic N) is 1. The maximum absolute atomic E-state index is 11.8. The van der Waals surface area contributed by atoms with Crippen LogP contribution in [-0.2, 0) is 6.54 Å². The van der Waals surface area contributed by atoms with Gasteiger partial charge in [0.05, 0.1) is 6.54 Å². The minimum Gasteiger partial charge on any atom is -0.444 e. The molecule has 0 atom stereocenters. The van der Waals surface area contributed by atoms with E-state index in [1.807, 2.05) is 24.3 Å². The third kappa shape index (κ3) is 2.53. The van der Waals surface area contributed by atoms with Crippen LogP contribution in [0.4, 0.5) is 0 Å². The zero-order valence-electron chi connectivity index (χ0n) is 9.72. The van der Waals surface area contributed by atoms with E-state index in [0.29, 0.717) is 16.1 Å². The van der Waals surface area contributed by atoms with E-state index >= 15 is 0 Å². The van der Waals surface area contributed by atoms with Crippen LogP contribution in [0.5, 0.6) is 0 Å². The van der Waals surface area contributed by atoms with Gasteiger partial charge in [-0.3, -0.25) is 4.79 Å². The van der Waals surface area contributed by atoms with Gasteiger partial charge in [0.15, 0.2) is 16.0 Å². The molecule has 19 heavy (non-hydrogen) atoms. The standard InChI is InChI=1S/C13H9BrN2O3/c14-11-6-5-10(18-11)13(17)15-7-12-16-8-3-1-2-4-9(8)19-12/h1-6H,7H2,(H,15,17). The van der Waals surface area contributed by atoms with Gasteiger partial charge in [0.25, 0.3) is 5.91 Å². The maximum Gasteiger partial charge on any atom is 0.287 e. The summed E-state index contributed by atoms with van der Waals surface area (Å²) in [5.74, 6) is 0.385. The van der Waals surface area contributed by atoms with E-state index in [1.54, 1.807) is 12.1 Å². The van der Waals surface area contributed by atoms with Crippen LogP contribution >= 0.6 is 15.9 Å². The first-order valence-corrected chi connectivity index (χ1v) is 6.39. The van der Waals surface area contributed by atoms with Gasteiger partial charge in [-0.2, -0.15) is 0 Å². The number of hydrogen-bond acceptors (Lipinski definition) is 4. The third-order valence-electron chi connectivity index (χ3n) is 2.54. The number of nitrogens with one attached hydrogen (secondary N) is 1. The molecule has 0 saturated carbocycles. The van der Waals surface area contributed by atoms with Gasteiger partial charge in [-0.25, -0.2) is 4.98 Å². The summed E-state index contributed by atoms with van der Waals surface area (Å²) in [7, 11) is 0. The average molecular weight is 321 g/mol. The number of para-hydroxylation sites is 2. The number of oxazole rings is 1. The van der Waals surface area contributed by atoms with Crippen LogP contribution in [0.2, 0.25) is 0 Å². The van der Waals surface area contributed by atoms with Crippen molar-refractivity contribution in [3.05, 3.63) is 52.7 Å². The highest BCUT2D eigenvalue weighted by atomic mass is 79.9. The van der Waals surface area contributed by atoms with Crippen molar-refractivity contribution in [2.45, 2.75) is 6.54 Å². The second kappa shape index (κ2) is 4.89. The SMILES string of the molecule is O=C(NCc1nc2ccccc2o1)c1ccc(Br)o1. The van der Waals surface area contributed by atoms with E-state index in [0.717, 1.165) is 5.52 Å². The van der Waals surface area contributed by atoms with Crippen molar-refractivity contribution in [3.63, 3.8) is 0 Å². The Kier molecular flexibility index (Phi) is 3.08. The summed E-state index contributed by atoms with van der Waals surface area (Å²) >= 11 is 3.14. The number of fused-ring (bicyclic) bond motifs is 1. The molecule has 0 fully saturated rings. The molecule has 0 aliphatic carbocycles. The lowest BCUT2D eigenvalue weighted by molar-refractivity contribution is 0.0918. The van der Waals surface area contributed by atoms with Gasteiger partial charge in [0.2, 0.25) is 5.89 Å². The Morgan fingerprint density at radius 2 is 2.05 bits per heavy atom. The Hall–Kier alpha value is -2.08. The lowest BCUT2D eigenvalue weighted by atomic mass is 10.3. The fourth-order valence-electron chi connectivity index (χ4n) is 1.67. The molecule has 96 valence electrons. The molecule has 0 unspecified atom stereocenters. The molecule has 1 aromatic carbocycles. The van der Waals surface area contributed by atoms with Gasteiger partial charge >= 0.3 is 0 Å². The summed E-state index contributed by atoms with van der Waals surface area (Å²) < 4.78 is 11.2. The first-order valence-electron chi connectivity index (χ1n) is 5.60. The lowest BCUT2D eigenvalue weighted by Crippen LogP contribution is -2.22. The Balaban J connectivity index is 1.70. The van der Waals surface area contributed by atoms with Gasteiger partial charge in [-0.05, 0) is 40.2 Å². The molecule has 3 aromatic rings. The highest BCUT2D eigenvalue weighted by Crippen LogP contribution is 2.16. The van der Waals surface area contributed by atoms with Crippen LogP contribution in [0, 0.1) is 0 Å². The van der Waals surface area contributed by atoms with Crippen molar-refractivity contribution in [1.29, 1.82) is 0 Å². The zero-order valence-corrected chi connectivity index (χ0v) is 11.3. The van der Waals surface area contributed by atoms with E-state index in [2.05, 4.69) is 26.2 Å². The van der Waals surface area contributed by atoms with Crippen molar-refractivity contribution < 1.29 is 13.6 Å². The molecule has 1 N–H and O–H groups in total. The summed E-state index contributed by atoms with van der Waals surface area (Å²) in [5, 5.41) is 2.68. The van der Waals surface area contributed by atoms with Gasteiger partial charge in [-0.1, -0.05) is 12.1 Å². The van der Waals surface area contributed by atoms with Crippen molar-refractivity contribution in [2.24, 2.45) is 0 Å². The average Bonchev–Trinajstić information content (AvgIpc) is 3.01. The van der Waals surface area contributed by atoms with E-state index in [9.17, 15) is 4.79 Å². The smallest absolute Gasteiger partial charge is 0.287 e. The normalized spacial score (nSPS) is 10.8. The van der Waals surface area contributed by atoms with Crippen LogP contribution in [0.1, 0.15) is 16.4 Å². The fourth-order valence-corrected chi connectivity index (χ4v) is 1.98. The first-order chi connectivity index (χ1) is 9.22. The third-order valence-corrected chi connectivity index (χ3v) is 2.96. The van der Waals surface area contributed by atoms with Crippen LogP contribution in [0.3, 0.4) is 0 Å². The minimum absolute atomic E-state index is 0.214. The summed E-state index contributed by atoms with van der Waals surface area (Å²) in [6, 6.07) is 10.7. The quantitative estimate of drug-likeness (QED) is 0.805. The molecular formula is C13H9BrN2O3. The van der Waals surface area contributed by atoms with Crippen molar-refractivity contribution >= 4 is 32.9 Å². The molecule has 2 heterocycles. The molecule has 0 aliphatic heterocycles. The molecule has 0 bridgehead atoms. The number of carbonyl (C=O) groups is 1. The van der Waals surface area contributed by atoms with Crippen LogP contribution < -0.4 is 5.32 Å². The Labute approximate surface area is 116 Å². The molecule has 3 rings (SSSR count). The molecule has 0 spiro atoms. The van der Waals surface area contributed by atoms with Crippen LogP contribution in [0.25, 0.3) is 11.1 Å². The first kappa shape index (κ1) is 12.0. The summed E-state index contributed by atoms with van der Waals surface area (Å²) in [6.07, 6.45) is 0. The van der Waals surface area contributed by atoms with E-state index in [-0.39, 0.29) is 18.2 Å². The number of furan rings is 1. The monoisotopic (exact) mass is 320 g/mol. The summed E-state index contributed by atoms with van der Waals surface area (Å²) in [6.45, 7) is 0.214. The van der Waals surface area contributed by atoms with Gasteiger partial charge < -0.3 is 14.2 Å². The van der Waals surface area contributed by atoms with E-state index in [1.165, 1.54) is 0 Å². The molecule has 1 amide bonds. The van der Waals surface area contributed by atoms with Crippen LogP contribution in [0.15, 0.2) is 49.9 Å². The Morgan fingerprint density at radius 1 is 1.21 bits per heavy atom. The van der Waals surface area contributed by atoms with E-state index < -0.39 is 0 Å².